The Labute approximate surface area is 183 Å². The Morgan fingerprint density at radius 2 is 2.17 bits per heavy atom. The van der Waals surface area contributed by atoms with Gasteiger partial charge in [0, 0.05) is 39.4 Å². The van der Waals surface area contributed by atoms with E-state index in [1.54, 1.807) is 36.4 Å². The Bertz CT molecular complexity index is 1010. The number of benzene rings is 2. The van der Waals surface area contributed by atoms with Gasteiger partial charge in [0.2, 0.25) is 0 Å². The lowest BCUT2D eigenvalue weighted by Crippen LogP contribution is -2.35. The molecule has 1 aliphatic heterocycles. The first-order chi connectivity index (χ1) is 14.0. The maximum Gasteiger partial charge on any atom is 0.130 e. The van der Waals surface area contributed by atoms with E-state index in [0.717, 1.165) is 10.5 Å². The van der Waals surface area contributed by atoms with Gasteiger partial charge in [-0.3, -0.25) is 0 Å². The molecule has 0 N–H and O–H groups in total. The Morgan fingerprint density at radius 3 is 2.90 bits per heavy atom. The van der Waals surface area contributed by atoms with Crippen LogP contribution in [0.4, 0.5) is 4.39 Å². The van der Waals surface area contributed by atoms with Crippen LogP contribution < -0.4 is 0 Å². The summed E-state index contributed by atoms with van der Waals surface area (Å²) in [6, 6.07) is 10.4. The number of rotatable bonds is 7. The predicted molar refractivity (Wildman–Crippen MR) is 116 cm³/mol. The van der Waals surface area contributed by atoms with Crippen molar-refractivity contribution in [1.82, 2.24) is 9.55 Å². The zero-order valence-electron chi connectivity index (χ0n) is 15.5. The van der Waals surface area contributed by atoms with Gasteiger partial charge in [-0.05, 0) is 36.2 Å². The number of fused-ring (bicyclic) bond motifs is 1. The van der Waals surface area contributed by atoms with E-state index in [2.05, 4.69) is 11.6 Å². The highest BCUT2D eigenvalue weighted by molar-refractivity contribution is 8.01. The molecule has 0 fully saturated rings. The minimum absolute atomic E-state index is 0.0711. The minimum atomic E-state index is -0.372. The maximum atomic E-state index is 14.3. The lowest BCUT2D eigenvalue weighted by molar-refractivity contribution is 0.00867. The molecule has 0 bridgehead atoms. The summed E-state index contributed by atoms with van der Waals surface area (Å²) in [5, 5.41) is 1.03. The molecule has 7 heteroatoms. The standard InChI is InChI=1S/C22H19Cl2FN2OS/c1-2-8-22(13-27-10-9-26-14-27)21(16-7-6-15(23)11-20(16)29-22)28-12-17-18(24)4-3-5-19(17)25/h2-7,9-11,14,21H,1,8,12-13H2. The first-order valence-corrected chi connectivity index (χ1v) is 10.7. The smallest absolute Gasteiger partial charge is 0.130 e. The van der Waals surface area contributed by atoms with Gasteiger partial charge >= 0.3 is 0 Å². The van der Waals surface area contributed by atoms with Crippen LogP contribution in [0.2, 0.25) is 10.0 Å². The number of nitrogens with zero attached hydrogens (tertiary/aromatic N) is 2. The third-order valence-electron chi connectivity index (χ3n) is 5.00. The molecular formula is C22H19Cl2FN2OS. The molecule has 1 aliphatic rings. The van der Waals surface area contributed by atoms with Crippen molar-refractivity contribution >= 4 is 35.0 Å². The summed E-state index contributed by atoms with van der Waals surface area (Å²) in [7, 11) is 0. The molecule has 2 heterocycles. The zero-order valence-corrected chi connectivity index (χ0v) is 17.9. The summed E-state index contributed by atoms with van der Waals surface area (Å²) in [5.41, 5.74) is 1.39. The van der Waals surface area contributed by atoms with Crippen LogP contribution in [0, 0.1) is 5.82 Å². The van der Waals surface area contributed by atoms with Crippen LogP contribution in [0.25, 0.3) is 0 Å². The Morgan fingerprint density at radius 1 is 1.31 bits per heavy atom. The predicted octanol–water partition coefficient (Wildman–Crippen LogP) is 6.71. The Balaban J connectivity index is 1.72. The molecule has 2 aromatic carbocycles. The van der Waals surface area contributed by atoms with Gasteiger partial charge in [0.1, 0.15) is 11.9 Å². The largest absolute Gasteiger partial charge is 0.367 e. The number of hydrogen-bond acceptors (Lipinski definition) is 3. The highest BCUT2D eigenvalue weighted by Gasteiger charge is 2.47. The first-order valence-electron chi connectivity index (χ1n) is 9.12. The van der Waals surface area contributed by atoms with Gasteiger partial charge in [-0.15, -0.1) is 18.3 Å². The van der Waals surface area contributed by atoms with Crippen LogP contribution in [0.15, 0.2) is 72.7 Å². The van der Waals surface area contributed by atoms with Gasteiger partial charge in [-0.1, -0.05) is 41.4 Å². The van der Waals surface area contributed by atoms with Crippen LogP contribution in [-0.4, -0.2) is 14.3 Å². The number of allylic oxidation sites excluding steroid dienone is 1. The summed E-state index contributed by atoms with van der Waals surface area (Å²) >= 11 is 14.2. The number of halogens is 3. The van der Waals surface area contributed by atoms with Crippen LogP contribution in [0.5, 0.6) is 0 Å². The second kappa shape index (κ2) is 8.52. The molecule has 0 saturated heterocycles. The quantitative estimate of drug-likeness (QED) is 0.375. The molecule has 2 unspecified atom stereocenters. The van der Waals surface area contributed by atoms with Gasteiger partial charge < -0.3 is 9.30 Å². The van der Waals surface area contributed by atoms with E-state index >= 15 is 0 Å². The summed E-state index contributed by atoms with van der Waals surface area (Å²) in [6.07, 6.45) is 7.75. The van der Waals surface area contributed by atoms with Gasteiger partial charge in [0.15, 0.2) is 0 Å². The van der Waals surface area contributed by atoms with Crippen molar-refractivity contribution < 1.29 is 9.13 Å². The summed E-state index contributed by atoms with van der Waals surface area (Å²) in [6.45, 7) is 4.69. The van der Waals surface area contributed by atoms with E-state index < -0.39 is 0 Å². The Kier molecular flexibility index (Phi) is 6.02. The third-order valence-corrected chi connectivity index (χ3v) is 7.08. The molecule has 0 saturated carbocycles. The molecule has 150 valence electrons. The van der Waals surface area contributed by atoms with E-state index in [9.17, 15) is 4.39 Å². The van der Waals surface area contributed by atoms with E-state index in [0.29, 0.717) is 28.6 Å². The molecule has 0 amide bonds. The van der Waals surface area contributed by atoms with Gasteiger partial charge in [-0.25, -0.2) is 9.37 Å². The molecule has 2 atom stereocenters. The third kappa shape index (κ3) is 4.10. The van der Waals surface area contributed by atoms with E-state index in [1.807, 2.05) is 35.0 Å². The highest BCUT2D eigenvalue weighted by atomic mass is 35.5. The number of ether oxygens (including phenoxy) is 1. The van der Waals surface area contributed by atoms with Gasteiger partial charge in [0.25, 0.3) is 0 Å². The molecular weight excluding hydrogens is 430 g/mol. The monoisotopic (exact) mass is 448 g/mol. The number of hydrogen-bond donors (Lipinski definition) is 0. The Hall–Kier alpha value is -1.79. The van der Waals surface area contributed by atoms with Crippen molar-refractivity contribution in [2.45, 2.75) is 35.3 Å². The number of aromatic nitrogens is 2. The molecule has 1 aromatic heterocycles. The normalized spacial score (nSPS) is 20.6. The van der Waals surface area contributed by atoms with Crippen LogP contribution in [-0.2, 0) is 17.9 Å². The number of thioether (sulfide) groups is 1. The van der Waals surface area contributed by atoms with Gasteiger partial charge in [0.05, 0.1) is 17.7 Å². The topological polar surface area (TPSA) is 27.1 Å². The fraction of sp³-hybridized carbons (Fsp3) is 0.227. The SMILES string of the molecule is C=CCC1(Cn2ccnc2)Sc2cc(Cl)ccc2C1OCc1c(F)cccc1Cl. The average molecular weight is 449 g/mol. The molecule has 29 heavy (non-hydrogen) atoms. The highest BCUT2D eigenvalue weighted by Crippen LogP contribution is 2.57. The van der Waals surface area contributed by atoms with E-state index in [1.165, 1.54) is 6.07 Å². The lowest BCUT2D eigenvalue weighted by atomic mass is 9.91. The van der Waals surface area contributed by atoms with Crippen LogP contribution in [0.3, 0.4) is 0 Å². The molecule has 4 rings (SSSR count). The maximum absolute atomic E-state index is 14.3. The fourth-order valence-corrected chi connectivity index (χ4v) is 5.80. The van der Waals surface area contributed by atoms with Crippen molar-refractivity contribution in [2.75, 3.05) is 0 Å². The second-order valence-corrected chi connectivity index (χ2v) is 9.27. The first kappa shape index (κ1) is 20.5. The van der Waals surface area contributed by atoms with Gasteiger partial charge in [-0.2, -0.15) is 0 Å². The average Bonchev–Trinajstić information content (AvgIpc) is 3.27. The van der Waals surface area contributed by atoms with Crippen molar-refractivity contribution in [3.63, 3.8) is 0 Å². The fourth-order valence-electron chi connectivity index (χ4n) is 3.71. The summed E-state index contributed by atoms with van der Waals surface area (Å²) in [4.78, 5) is 5.22. The zero-order chi connectivity index (χ0) is 20.4. The second-order valence-electron chi connectivity index (χ2n) is 6.97. The molecule has 0 radical (unpaired) electrons. The minimum Gasteiger partial charge on any atom is -0.367 e. The van der Waals surface area contributed by atoms with E-state index in [-0.39, 0.29) is 23.3 Å². The van der Waals surface area contributed by atoms with Crippen molar-refractivity contribution in [3.05, 3.63) is 94.8 Å². The van der Waals surface area contributed by atoms with Crippen LogP contribution in [0.1, 0.15) is 23.7 Å². The number of imidazole rings is 1. The van der Waals surface area contributed by atoms with Crippen molar-refractivity contribution in [2.24, 2.45) is 0 Å². The lowest BCUT2D eigenvalue weighted by Gasteiger charge is -2.34. The van der Waals surface area contributed by atoms with E-state index in [4.69, 9.17) is 27.9 Å². The molecule has 0 aliphatic carbocycles. The molecule has 3 aromatic rings. The van der Waals surface area contributed by atoms with Crippen molar-refractivity contribution in [3.8, 4) is 0 Å². The molecule has 3 nitrogen and oxygen atoms in total. The summed E-state index contributed by atoms with van der Waals surface area (Å²) in [5.74, 6) is -0.372. The summed E-state index contributed by atoms with van der Waals surface area (Å²) < 4.78 is 22.3. The van der Waals surface area contributed by atoms with Crippen molar-refractivity contribution in [1.29, 1.82) is 0 Å². The molecule has 0 spiro atoms. The van der Waals surface area contributed by atoms with Crippen LogP contribution >= 0.6 is 35.0 Å².